The van der Waals surface area contributed by atoms with Gasteiger partial charge in [0.2, 0.25) is 0 Å². The van der Waals surface area contributed by atoms with Gasteiger partial charge in [0.05, 0.1) is 0 Å². The molecule has 2 heteroatoms. The third-order valence-electron chi connectivity index (χ3n) is 2.48. The van der Waals surface area contributed by atoms with Crippen LogP contribution in [-0.4, -0.2) is 38.6 Å². The second-order valence-electron chi connectivity index (χ2n) is 5.48. The molecule has 0 aromatic rings. The molecule has 0 atom stereocenters. The van der Waals surface area contributed by atoms with E-state index in [-0.39, 0.29) is 0 Å². The zero-order valence-electron chi connectivity index (χ0n) is 9.56. The number of hydrogen-bond donors (Lipinski definition) is 1. The summed E-state index contributed by atoms with van der Waals surface area (Å²) in [5.74, 6) is 0.996. The first kappa shape index (κ1) is 11.0. The minimum Gasteiger partial charge on any atom is -0.316 e. The van der Waals surface area contributed by atoms with Crippen molar-refractivity contribution in [3.63, 3.8) is 0 Å². The fourth-order valence-electron chi connectivity index (χ4n) is 1.85. The van der Waals surface area contributed by atoms with Crippen LogP contribution >= 0.6 is 0 Å². The van der Waals surface area contributed by atoms with E-state index in [4.69, 9.17) is 0 Å². The Morgan fingerprint density at radius 1 is 1.31 bits per heavy atom. The van der Waals surface area contributed by atoms with Crippen LogP contribution in [0.3, 0.4) is 0 Å². The van der Waals surface area contributed by atoms with Gasteiger partial charge in [-0.15, -0.1) is 0 Å². The molecule has 1 N–H and O–H groups in total. The fourth-order valence-corrected chi connectivity index (χ4v) is 1.85. The second-order valence-corrected chi connectivity index (χ2v) is 5.48. The van der Waals surface area contributed by atoms with Gasteiger partial charge in [0.1, 0.15) is 0 Å². The van der Waals surface area contributed by atoms with Crippen LogP contribution in [0.25, 0.3) is 0 Å². The summed E-state index contributed by atoms with van der Waals surface area (Å²) < 4.78 is 0. The number of nitrogens with zero attached hydrogens (tertiary/aromatic N) is 1. The predicted octanol–water partition coefficient (Wildman–Crippen LogP) is 1.57. The Morgan fingerprint density at radius 2 is 1.92 bits per heavy atom. The van der Waals surface area contributed by atoms with E-state index in [1.807, 2.05) is 0 Å². The summed E-state index contributed by atoms with van der Waals surface area (Å²) in [5, 5.41) is 3.57. The number of rotatable bonds is 6. The first-order valence-corrected chi connectivity index (χ1v) is 5.35. The van der Waals surface area contributed by atoms with E-state index in [0.717, 1.165) is 19.0 Å². The van der Waals surface area contributed by atoms with E-state index in [1.165, 1.54) is 19.4 Å². The van der Waals surface area contributed by atoms with Gasteiger partial charge < -0.3 is 10.2 Å². The van der Waals surface area contributed by atoms with Crippen molar-refractivity contribution in [2.75, 3.05) is 33.7 Å². The van der Waals surface area contributed by atoms with Gasteiger partial charge in [0, 0.05) is 13.1 Å². The molecule has 13 heavy (non-hydrogen) atoms. The average Bonchev–Trinajstić information content (AvgIpc) is 2.67. The largest absolute Gasteiger partial charge is 0.316 e. The number of nitrogens with one attached hydrogen (secondary N) is 1. The van der Waals surface area contributed by atoms with Gasteiger partial charge in [-0.3, -0.25) is 0 Å². The van der Waals surface area contributed by atoms with E-state index in [1.54, 1.807) is 0 Å². The molecule has 0 aromatic carbocycles. The van der Waals surface area contributed by atoms with Crippen LogP contribution in [0.2, 0.25) is 0 Å². The lowest BCUT2D eigenvalue weighted by atomic mass is 9.93. The first-order valence-electron chi connectivity index (χ1n) is 5.35. The third kappa shape index (κ3) is 5.27. The molecule has 1 aliphatic carbocycles. The van der Waals surface area contributed by atoms with E-state index in [9.17, 15) is 0 Å². The Balaban J connectivity index is 2.08. The average molecular weight is 184 g/mol. The normalized spacial score (nSPS) is 18.2. The highest BCUT2D eigenvalue weighted by molar-refractivity contribution is 4.79. The molecule has 0 amide bonds. The van der Waals surface area contributed by atoms with Crippen LogP contribution in [0.15, 0.2) is 0 Å². The van der Waals surface area contributed by atoms with Gasteiger partial charge in [-0.2, -0.15) is 0 Å². The Bertz CT molecular complexity index is 148. The summed E-state index contributed by atoms with van der Waals surface area (Å²) in [6, 6.07) is 0. The van der Waals surface area contributed by atoms with Crippen molar-refractivity contribution in [1.29, 1.82) is 0 Å². The second kappa shape index (κ2) is 4.43. The van der Waals surface area contributed by atoms with Crippen LogP contribution < -0.4 is 5.32 Å². The van der Waals surface area contributed by atoms with Crippen LogP contribution in [0.1, 0.15) is 26.7 Å². The van der Waals surface area contributed by atoms with Gasteiger partial charge in [-0.1, -0.05) is 13.8 Å². The maximum atomic E-state index is 3.57. The van der Waals surface area contributed by atoms with Crippen molar-refractivity contribution in [3.8, 4) is 0 Å². The molecular formula is C11H24N2. The quantitative estimate of drug-likeness (QED) is 0.674. The number of hydrogen-bond acceptors (Lipinski definition) is 2. The zero-order chi connectivity index (χ0) is 9.90. The van der Waals surface area contributed by atoms with Crippen LogP contribution in [-0.2, 0) is 0 Å². The molecule has 1 aliphatic rings. The molecule has 0 bridgehead atoms. The molecule has 78 valence electrons. The van der Waals surface area contributed by atoms with E-state index in [0.29, 0.717) is 5.41 Å². The van der Waals surface area contributed by atoms with Crippen LogP contribution in [0.5, 0.6) is 0 Å². The first-order chi connectivity index (χ1) is 5.99. The molecule has 2 nitrogen and oxygen atoms in total. The van der Waals surface area contributed by atoms with Crippen molar-refractivity contribution in [3.05, 3.63) is 0 Å². The van der Waals surface area contributed by atoms with Crippen LogP contribution in [0.4, 0.5) is 0 Å². The summed E-state index contributed by atoms with van der Waals surface area (Å²) in [5.41, 5.74) is 0.401. The third-order valence-corrected chi connectivity index (χ3v) is 2.48. The summed E-state index contributed by atoms with van der Waals surface area (Å²) in [6.07, 6.45) is 2.89. The molecule has 0 radical (unpaired) electrons. The van der Waals surface area contributed by atoms with Gasteiger partial charge in [-0.25, -0.2) is 0 Å². The minimum absolute atomic E-state index is 0.401. The lowest BCUT2D eigenvalue weighted by molar-refractivity contribution is 0.232. The summed E-state index contributed by atoms with van der Waals surface area (Å²) in [7, 11) is 4.28. The molecule has 1 fully saturated rings. The van der Waals surface area contributed by atoms with Gasteiger partial charge in [0.25, 0.3) is 0 Å². The van der Waals surface area contributed by atoms with Crippen molar-refractivity contribution in [2.45, 2.75) is 26.7 Å². The molecular weight excluding hydrogens is 160 g/mol. The highest BCUT2D eigenvalue weighted by Crippen LogP contribution is 2.27. The topological polar surface area (TPSA) is 15.3 Å². The molecule has 1 saturated carbocycles. The Morgan fingerprint density at radius 3 is 2.38 bits per heavy atom. The lowest BCUT2D eigenvalue weighted by Crippen LogP contribution is -2.38. The van der Waals surface area contributed by atoms with E-state index < -0.39 is 0 Å². The summed E-state index contributed by atoms with van der Waals surface area (Å²) >= 11 is 0. The molecule has 0 aliphatic heterocycles. The Kier molecular flexibility index (Phi) is 3.74. The van der Waals surface area contributed by atoms with E-state index in [2.05, 4.69) is 38.2 Å². The fraction of sp³-hybridized carbons (Fsp3) is 1.00. The van der Waals surface area contributed by atoms with E-state index >= 15 is 0 Å². The highest BCUT2D eigenvalue weighted by atomic mass is 15.1. The Hall–Kier alpha value is -0.0800. The maximum absolute atomic E-state index is 3.57. The molecule has 0 heterocycles. The van der Waals surface area contributed by atoms with Crippen LogP contribution in [0, 0.1) is 11.3 Å². The van der Waals surface area contributed by atoms with Crippen molar-refractivity contribution in [2.24, 2.45) is 11.3 Å². The molecule has 0 aromatic heterocycles. The van der Waals surface area contributed by atoms with Crippen molar-refractivity contribution < 1.29 is 0 Å². The predicted molar refractivity (Wildman–Crippen MR) is 57.9 cm³/mol. The smallest absolute Gasteiger partial charge is 0.00387 e. The zero-order valence-corrected chi connectivity index (χ0v) is 9.56. The molecule has 1 rings (SSSR count). The minimum atomic E-state index is 0.401. The summed E-state index contributed by atoms with van der Waals surface area (Å²) in [4.78, 5) is 2.26. The van der Waals surface area contributed by atoms with Gasteiger partial charge in [-0.05, 0) is 44.8 Å². The SMILES string of the molecule is CN(C)CC(C)(C)CNCC1CC1. The van der Waals surface area contributed by atoms with Gasteiger partial charge >= 0.3 is 0 Å². The molecule has 0 spiro atoms. The van der Waals surface area contributed by atoms with Crippen molar-refractivity contribution >= 4 is 0 Å². The monoisotopic (exact) mass is 184 g/mol. The molecule has 0 saturated heterocycles. The summed E-state index contributed by atoms with van der Waals surface area (Å²) in [6.45, 7) is 8.18. The lowest BCUT2D eigenvalue weighted by Gasteiger charge is -2.28. The maximum Gasteiger partial charge on any atom is 0.00387 e. The van der Waals surface area contributed by atoms with Crippen molar-refractivity contribution in [1.82, 2.24) is 10.2 Å². The highest BCUT2D eigenvalue weighted by Gasteiger charge is 2.23. The Labute approximate surface area is 82.7 Å². The van der Waals surface area contributed by atoms with Gasteiger partial charge in [0.15, 0.2) is 0 Å². The standard InChI is InChI=1S/C11H24N2/c1-11(2,9-13(3)4)8-12-7-10-5-6-10/h10,12H,5-9H2,1-4H3. The molecule has 0 unspecified atom stereocenters.